The Kier molecular flexibility index (Phi) is 6.78. The Hall–Kier alpha value is -3.47. The first-order chi connectivity index (χ1) is 18.9. The highest BCUT2D eigenvalue weighted by Gasteiger charge is 2.35. The van der Waals surface area contributed by atoms with Crippen LogP contribution < -0.4 is 10.2 Å². The van der Waals surface area contributed by atoms with Gasteiger partial charge in [-0.15, -0.1) is 0 Å². The summed E-state index contributed by atoms with van der Waals surface area (Å²) >= 11 is 0. The number of hydrogen-bond donors (Lipinski definition) is 1. The molecule has 0 aliphatic carbocycles. The van der Waals surface area contributed by atoms with Crippen molar-refractivity contribution in [3.63, 3.8) is 0 Å². The van der Waals surface area contributed by atoms with Crippen molar-refractivity contribution >= 4 is 17.5 Å². The fourth-order valence-corrected chi connectivity index (χ4v) is 6.27. The van der Waals surface area contributed by atoms with Crippen molar-refractivity contribution in [1.29, 1.82) is 0 Å². The Morgan fingerprint density at radius 1 is 1.18 bits per heavy atom. The highest BCUT2D eigenvalue weighted by Crippen LogP contribution is 2.46. The first-order valence-electron chi connectivity index (χ1n) is 13.7. The van der Waals surface area contributed by atoms with Gasteiger partial charge in [0, 0.05) is 81.1 Å². The molecule has 39 heavy (non-hydrogen) atoms. The molecule has 6 rings (SSSR count). The third kappa shape index (κ3) is 4.56. The van der Waals surface area contributed by atoms with Gasteiger partial charge in [-0.05, 0) is 48.4 Å². The molecule has 9 nitrogen and oxygen atoms in total. The lowest BCUT2D eigenvalue weighted by Crippen LogP contribution is -2.42. The summed E-state index contributed by atoms with van der Waals surface area (Å²) in [7, 11) is 3.42. The molecule has 3 aromatic rings. The van der Waals surface area contributed by atoms with Crippen molar-refractivity contribution in [2.75, 3.05) is 38.3 Å². The number of nitrogens with one attached hydrogen (secondary N) is 1. The predicted octanol–water partition coefficient (Wildman–Crippen LogP) is 4.92. The maximum Gasteiger partial charge on any atom is 0.317 e. The van der Waals surface area contributed by atoms with Crippen LogP contribution in [0.15, 0.2) is 24.5 Å². The monoisotopic (exact) mass is 539 g/mol. The average Bonchev–Trinajstić information content (AvgIpc) is 3.56. The second kappa shape index (κ2) is 10.3. The number of halogens is 2. The normalized spacial score (nSPS) is 19.8. The van der Waals surface area contributed by atoms with Gasteiger partial charge in [-0.2, -0.15) is 10.2 Å². The SMILES string of the molecule is CNC(=O)N1CCc2c(c(N3CC[C@H](C)c4cc(-c5cnn(C)c5)c(C(F)F)cc43)nn2C2CCOCC2)C1. The van der Waals surface area contributed by atoms with Crippen molar-refractivity contribution in [2.24, 2.45) is 7.05 Å². The Morgan fingerprint density at radius 2 is 1.97 bits per heavy atom. The molecular formula is C28H35F2N7O2. The molecule has 1 atom stereocenters. The zero-order chi connectivity index (χ0) is 27.3. The maximum atomic E-state index is 14.5. The number of rotatable bonds is 4. The third-order valence-electron chi connectivity index (χ3n) is 8.42. The number of ether oxygens (including phenoxy) is 1. The van der Waals surface area contributed by atoms with Gasteiger partial charge >= 0.3 is 6.03 Å². The van der Waals surface area contributed by atoms with Crippen LogP contribution in [0, 0.1) is 0 Å². The topological polar surface area (TPSA) is 80.5 Å². The number of fused-ring (bicyclic) bond motifs is 2. The molecule has 3 aliphatic heterocycles. The molecule has 1 aromatic carbocycles. The number of alkyl halides is 2. The van der Waals surface area contributed by atoms with Crippen LogP contribution in [0.5, 0.6) is 0 Å². The van der Waals surface area contributed by atoms with Crippen LogP contribution in [0.2, 0.25) is 0 Å². The van der Waals surface area contributed by atoms with Gasteiger partial charge in [0.25, 0.3) is 6.43 Å². The molecule has 2 aromatic heterocycles. The van der Waals surface area contributed by atoms with E-state index < -0.39 is 6.43 Å². The minimum absolute atomic E-state index is 0.00873. The molecule has 0 saturated carbocycles. The molecular weight excluding hydrogens is 504 g/mol. The van der Waals surface area contributed by atoms with Crippen LogP contribution >= 0.6 is 0 Å². The van der Waals surface area contributed by atoms with Crippen LogP contribution in [-0.4, -0.2) is 63.8 Å². The van der Waals surface area contributed by atoms with E-state index in [0.29, 0.717) is 50.4 Å². The van der Waals surface area contributed by atoms with Crippen LogP contribution in [0.1, 0.15) is 67.0 Å². The molecule has 0 radical (unpaired) electrons. The quantitative estimate of drug-likeness (QED) is 0.509. The molecule has 5 heterocycles. The largest absolute Gasteiger partial charge is 0.381 e. The molecule has 0 spiro atoms. The highest BCUT2D eigenvalue weighted by molar-refractivity contribution is 5.78. The van der Waals surface area contributed by atoms with E-state index in [9.17, 15) is 13.6 Å². The Labute approximate surface area is 226 Å². The Bertz CT molecular complexity index is 1380. The molecule has 0 bridgehead atoms. The summed E-state index contributed by atoms with van der Waals surface area (Å²) in [6, 6.07) is 3.67. The zero-order valence-electron chi connectivity index (χ0n) is 22.7. The van der Waals surface area contributed by atoms with Gasteiger partial charge in [0.2, 0.25) is 0 Å². The summed E-state index contributed by atoms with van der Waals surface area (Å²) in [5, 5.41) is 12.1. The smallest absolute Gasteiger partial charge is 0.317 e. The number of urea groups is 1. The van der Waals surface area contributed by atoms with Crippen LogP contribution in [0.3, 0.4) is 0 Å². The zero-order valence-corrected chi connectivity index (χ0v) is 22.7. The van der Waals surface area contributed by atoms with Crippen LogP contribution in [0.25, 0.3) is 11.1 Å². The number of aryl methyl sites for hydroxylation is 1. The molecule has 1 saturated heterocycles. The number of carbonyl (C=O) groups excluding carboxylic acids is 1. The summed E-state index contributed by atoms with van der Waals surface area (Å²) in [5.41, 5.74) is 5.13. The summed E-state index contributed by atoms with van der Waals surface area (Å²) in [6.45, 7) is 5.24. The lowest BCUT2D eigenvalue weighted by molar-refractivity contribution is 0.0651. The third-order valence-corrected chi connectivity index (χ3v) is 8.42. The van der Waals surface area contributed by atoms with E-state index in [-0.39, 0.29) is 23.6 Å². The Morgan fingerprint density at radius 3 is 2.67 bits per heavy atom. The van der Waals surface area contributed by atoms with Crippen molar-refractivity contribution in [3.05, 3.63) is 46.9 Å². The molecule has 0 unspecified atom stereocenters. The van der Waals surface area contributed by atoms with Crippen molar-refractivity contribution in [2.45, 2.75) is 57.5 Å². The van der Waals surface area contributed by atoms with E-state index in [1.807, 2.05) is 6.07 Å². The van der Waals surface area contributed by atoms with E-state index >= 15 is 0 Å². The second-order valence-corrected chi connectivity index (χ2v) is 10.8. The average molecular weight is 540 g/mol. The Balaban J connectivity index is 1.49. The van der Waals surface area contributed by atoms with Crippen molar-refractivity contribution in [3.8, 4) is 11.1 Å². The summed E-state index contributed by atoms with van der Waals surface area (Å²) in [6.07, 6.45) is 4.10. The highest BCUT2D eigenvalue weighted by atomic mass is 19.3. The number of benzene rings is 1. The summed E-state index contributed by atoms with van der Waals surface area (Å²) in [5.74, 6) is 0.974. The van der Waals surface area contributed by atoms with E-state index in [1.165, 1.54) is 0 Å². The number of aromatic nitrogens is 4. The fourth-order valence-electron chi connectivity index (χ4n) is 6.27. The first kappa shape index (κ1) is 25.8. The minimum Gasteiger partial charge on any atom is -0.381 e. The minimum atomic E-state index is -2.64. The second-order valence-electron chi connectivity index (χ2n) is 10.8. The molecule has 2 amide bonds. The van der Waals surface area contributed by atoms with Crippen LogP contribution in [-0.2, 0) is 24.8 Å². The standard InChI is InChI=1S/C28H35F2N7O2/c1-17-4-9-36(25-13-22(26(29)30)21(12-20(17)25)18-14-32-34(3)15-18)27-23-16-35(28(38)31-2)8-5-24(23)37(33-27)19-6-10-39-11-7-19/h12-15,17,19,26H,4-11,16H2,1-3H3,(H,31,38)/t17-/m0/s1. The van der Waals surface area contributed by atoms with Crippen molar-refractivity contribution < 1.29 is 18.3 Å². The van der Waals surface area contributed by atoms with Gasteiger partial charge in [-0.3, -0.25) is 9.36 Å². The van der Waals surface area contributed by atoms with Crippen LogP contribution in [0.4, 0.5) is 25.1 Å². The lowest BCUT2D eigenvalue weighted by atomic mass is 9.87. The van der Waals surface area contributed by atoms with Gasteiger partial charge in [0.1, 0.15) is 0 Å². The molecule has 3 aliphatic rings. The van der Waals surface area contributed by atoms with Crippen molar-refractivity contribution in [1.82, 2.24) is 29.8 Å². The first-order valence-corrected chi connectivity index (χ1v) is 13.7. The van der Waals surface area contributed by atoms with E-state index in [0.717, 1.165) is 47.6 Å². The van der Waals surface area contributed by atoms with Gasteiger partial charge < -0.3 is 19.9 Å². The number of amides is 2. The molecule has 208 valence electrons. The maximum absolute atomic E-state index is 14.5. The number of nitrogens with zero attached hydrogens (tertiary/aromatic N) is 6. The molecule has 1 N–H and O–H groups in total. The number of carbonyl (C=O) groups is 1. The van der Waals surface area contributed by atoms with Gasteiger partial charge in [-0.25, -0.2) is 13.6 Å². The van der Waals surface area contributed by atoms with Gasteiger partial charge in [0.15, 0.2) is 5.82 Å². The fraction of sp³-hybridized carbons (Fsp3) is 0.536. The number of anilines is 2. The van der Waals surface area contributed by atoms with E-state index in [2.05, 4.69) is 26.9 Å². The number of hydrogen-bond acceptors (Lipinski definition) is 5. The lowest BCUT2D eigenvalue weighted by Gasteiger charge is -2.36. The van der Waals surface area contributed by atoms with Gasteiger partial charge in [-0.1, -0.05) is 6.92 Å². The van der Waals surface area contributed by atoms with Gasteiger partial charge in [0.05, 0.1) is 18.8 Å². The summed E-state index contributed by atoms with van der Waals surface area (Å²) in [4.78, 5) is 16.5. The molecule has 11 heteroatoms. The van der Waals surface area contributed by atoms with E-state index in [1.54, 1.807) is 42.1 Å². The molecule has 1 fully saturated rings. The summed E-state index contributed by atoms with van der Waals surface area (Å²) < 4.78 is 38.4. The predicted molar refractivity (Wildman–Crippen MR) is 144 cm³/mol. The van der Waals surface area contributed by atoms with E-state index in [4.69, 9.17) is 9.84 Å².